The van der Waals surface area contributed by atoms with Crippen LogP contribution < -0.4 is 15.8 Å². The highest BCUT2D eigenvalue weighted by Crippen LogP contribution is 2.21. The summed E-state index contributed by atoms with van der Waals surface area (Å²) in [5, 5.41) is 2.88. The molecule has 1 fully saturated rings. The fourth-order valence-corrected chi connectivity index (χ4v) is 3.37. The second-order valence-corrected chi connectivity index (χ2v) is 7.39. The molecule has 0 bridgehead atoms. The van der Waals surface area contributed by atoms with E-state index in [9.17, 15) is 9.59 Å². The van der Waals surface area contributed by atoms with Gasteiger partial charge >= 0.3 is 0 Å². The highest BCUT2D eigenvalue weighted by molar-refractivity contribution is 5.90. The summed E-state index contributed by atoms with van der Waals surface area (Å²) in [4.78, 5) is 31.8. The molecule has 1 aromatic heterocycles. The van der Waals surface area contributed by atoms with Crippen molar-refractivity contribution in [3.8, 4) is 0 Å². The topological polar surface area (TPSA) is 67.2 Å². The van der Waals surface area contributed by atoms with Crippen molar-refractivity contribution in [1.29, 1.82) is 0 Å². The first-order valence-electron chi connectivity index (χ1n) is 9.68. The summed E-state index contributed by atoms with van der Waals surface area (Å²) >= 11 is 0. The number of nitrogens with one attached hydrogen (secondary N) is 1. The van der Waals surface area contributed by atoms with Gasteiger partial charge in [-0.15, -0.1) is 0 Å². The van der Waals surface area contributed by atoms with Crippen molar-refractivity contribution in [2.75, 3.05) is 23.3 Å². The molecular weight excluding hydrogens is 340 g/mol. The summed E-state index contributed by atoms with van der Waals surface area (Å²) in [6, 6.07) is 9.25. The number of anilines is 2. The molecule has 0 saturated carbocycles. The number of carbonyl (C=O) groups excluding carboxylic acids is 1. The van der Waals surface area contributed by atoms with Crippen LogP contribution in [0.1, 0.15) is 37.9 Å². The summed E-state index contributed by atoms with van der Waals surface area (Å²) in [6.07, 6.45) is 3.09. The molecule has 0 spiro atoms. The second kappa shape index (κ2) is 8.37. The van der Waals surface area contributed by atoms with Crippen LogP contribution in [0.25, 0.3) is 0 Å². The van der Waals surface area contributed by atoms with Crippen molar-refractivity contribution in [3.63, 3.8) is 0 Å². The number of rotatable bonds is 5. The molecule has 1 amide bonds. The standard InChI is InChI=1S/C21H28N4O2/c1-4-17-5-7-18(8-6-17)23-19(26)14-25-20(27)13-16(3)22-21(25)24-11-9-15(2)10-12-24/h5-8,13,15H,4,9-12,14H2,1-3H3,(H,23,26). The fourth-order valence-electron chi connectivity index (χ4n) is 3.37. The summed E-state index contributed by atoms with van der Waals surface area (Å²) < 4.78 is 1.48. The number of nitrogens with zero attached hydrogens (tertiary/aromatic N) is 3. The molecule has 0 unspecified atom stereocenters. The third kappa shape index (κ3) is 4.76. The maximum absolute atomic E-state index is 12.6. The van der Waals surface area contributed by atoms with Gasteiger partial charge in [0.2, 0.25) is 11.9 Å². The van der Waals surface area contributed by atoms with Crippen molar-refractivity contribution in [2.45, 2.75) is 46.6 Å². The molecule has 1 N–H and O–H groups in total. The molecule has 6 heteroatoms. The lowest BCUT2D eigenvalue weighted by Crippen LogP contribution is -2.39. The van der Waals surface area contributed by atoms with Crippen molar-refractivity contribution in [2.24, 2.45) is 5.92 Å². The molecule has 0 atom stereocenters. The highest BCUT2D eigenvalue weighted by atomic mass is 16.2. The Balaban J connectivity index is 1.78. The van der Waals surface area contributed by atoms with Gasteiger partial charge < -0.3 is 10.2 Å². The molecule has 1 saturated heterocycles. The lowest BCUT2D eigenvalue weighted by atomic mass is 10.00. The first kappa shape index (κ1) is 19.1. The van der Waals surface area contributed by atoms with Crippen LogP contribution in [0.4, 0.5) is 11.6 Å². The number of aromatic nitrogens is 2. The molecule has 2 aromatic rings. The van der Waals surface area contributed by atoms with Gasteiger partial charge in [-0.25, -0.2) is 4.98 Å². The van der Waals surface area contributed by atoms with Crippen LogP contribution in [-0.2, 0) is 17.8 Å². The zero-order valence-corrected chi connectivity index (χ0v) is 16.4. The van der Waals surface area contributed by atoms with Gasteiger partial charge in [0.15, 0.2) is 0 Å². The van der Waals surface area contributed by atoms with Crippen LogP contribution in [0.15, 0.2) is 35.1 Å². The molecular formula is C21H28N4O2. The average molecular weight is 368 g/mol. The second-order valence-electron chi connectivity index (χ2n) is 7.39. The molecule has 0 aliphatic carbocycles. The first-order chi connectivity index (χ1) is 13.0. The van der Waals surface area contributed by atoms with Crippen molar-refractivity contribution < 1.29 is 4.79 Å². The Morgan fingerprint density at radius 3 is 2.52 bits per heavy atom. The van der Waals surface area contributed by atoms with E-state index in [1.807, 2.05) is 31.2 Å². The van der Waals surface area contributed by atoms with E-state index < -0.39 is 0 Å². The van der Waals surface area contributed by atoms with Crippen LogP contribution in [-0.4, -0.2) is 28.5 Å². The van der Waals surface area contributed by atoms with Crippen LogP contribution >= 0.6 is 0 Å². The predicted molar refractivity (Wildman–Crippen MR) is 108 cm³/mol. The molecule has 1 aliphatic rings. The SMILES string of the molecule is CCc1ccc(NC(=O)Cn2c(N3CCC(C)CC3)nc(C)cc2=O)cc1. The van der Waals surface area contributed by atoms with Crippen LogP contribution in [0.3, 0.4) is 0 Å². The quantitative estimate of drug-likeness (QED) is 0.881. The molecule has 0 radical (unpaired) electrons. The predicted octanol–water partition coefficient (Wildman–Crippen LogP) is 2.99. The van der Waals surface area contributed by atoms with Gasteiger partial charge in [-0.1, -0.05) is 26.0 Å². The van der Waals surface area contributed by atoms with E-state index >= 15 is 0 Å². The summed E-state index contributed by atoms with van der Waals surface area (Å²) in [7, 11) is 0. The van der Waals surface area contributed by atoms with Crippen LogP contribution in [0, 0.1) is 12.8 Å². The number of hydrogen-bond donors (Lipinski definition) is 1. The molecule has 1 aliphatic heterocycles. The molecule has 2 heterocycles. The fraction of sp³-hybridized carbons (Fsp3) is 0.476. The van der Waals surface area contributed by atoms with E-state index in [0.29, 0.717) is 17.6 Å². The molecule has 1 aromatic carbocycles. The zero-order chi connectivity index (χ0) is 19.4. The first-order valence-corrected chi connectivity index (χ1v) is 9.68. The van der Waals surface area contributed by atoms with E-state index in [1.165, 1.54) is 16.2 Å². The van der Waals surface area contributed by atoms with Crippen LogP contribution in [0.5, 0.6) is 0 Å². The summed E-state index contributed by atoms with van der Waals surface area (Å²) in [5.74, 6) is 1.06. The number of benzene rings is 1. The Morgan fingerprint density at radius 2 is 1.89 bits per heavy atom. The Morgan fingerprint density at radius 1 is 1.22 bits per heavy atom. The van der Waals surface area contributed by atoms with Gasteiger partial charge in [0, 0.05) is 30.5 Å². The largest absolute Gasteiger partial charge is 0.342 e. The van der Waals surface area contributed by atoms with Gasteiger partial charge in [0.05, 0.1) is 0 Å². The zero-order valence-electron chi connectivity index (χ0n) is 16.4. The number of piperidine rings is 1. The third-order valence-corrected chi connectivity index (χ3v) is 5.13. The highest BCUT2D eigenvalue weighted by Gasteiger charge is 2.21. The van der Waals surface area contributed by atoms with Gasteiger partial charge in [-0.05, 0) is 49.8 Å². The molecule has 3 rings (SSSR count). The van der Waals surface area contributed by atoms with E-state index in [2.05, 4.69) is 29.0 Å². The van der Waals surface area contributed by atoms with Gasteiger partial charge in [0.25, 0.3) is 5.56 Å². The molecule has 27 heavy (non-hydrogen) atoms. The smallest absolute Gasteiger partial charge is 0.255 e. The summed E-state index contributed by atoms with van der Waals surface area (Å²) in [6.45, 7) is 7.83. The minimum atomic E-state index is -0.223. The maximum atomic E-state index is 12.6. The van der Waals surface area contributed by atoms with Gasteiger partial charge in [-0.2, -0.15) is 0 Å². The van der Waals surface area contributed by atoms with E-state index in [4.69, 9.17) is 0 Å². The Kier molecular flexibility index (Phi) is 5.94. The third-order valence-electron chi connectivity index (χ3n) is 5.13. The minimum Gasteiger partial charge on any atom is -0.342 e. The van der Waals surface area contributed by atoms with Crippen molar-refractivity contribution in [3.05, 3.63) is 51.9 Å². The Bertz CT molecular complexity index is 849. The van der Waals surface area contributed by atoms with Crippen molar-refractivity contribution >= 4 is 17.5 Å². The van der Waals surface area contributed by atoms with E-state index in [0.717, 1.165) is 38.0 Å². The molecule has 144 valence electrons. The van der Waals surface area contributed by atoms with Crippen LogP contribution in [0.2, 0.25) is 0 Å². The van der Waals surface area contributed by atoms with Gasteiger partial charge in [0.1, 0.15) is 6.54 Å². The van der Waals surface area contributed by atoms with E-state index in [-0.39, 0.29) is 18.0 Å². The van der Waals surface area contributed by atoms with Gasteiger partial charge in [-0.3, -0.25) is 14.2 Å². The number of hydrogen-bond acceptors (Lipinski definition) is 4. The monoisotopic (exact) mass is 368 g/mol. The lowest BCUT2D eigenvalue weighted by molar-refractivity contribution is -0.116. The number of aryl methyl sites for hydroxylation is 2. The van der Waals surface area contributed by atoms with Crippen molar-refractivity contribution in [1.82, 2.24) is 9.55 Å². The lowest BCUT2D eigenvalue weighted by Gasteiger charge is -2.32. The minimum absolute atomic E-state index is 0.0387. The normalized spacial score (nSPS) is 15.0. The maximum Gasteiger partial charge on any atom is 0.255 e. The number of carbonyl (C=O) groups is 1. The Labute approximate surface area is 160 Å². The number of amides is 1. The molecule has 6 nitrogen and oxygen atoms in total. The average Bonchev–Trinajstić information content (AvgIpc) is 2.65. The summed E-state index contributed by atoms with van der Waals surface area (Å²) in [5.41, 5.74) is 2.44. The Hall–Kier alpha value is -2.63. The van der Waals surface area contributed by atoms with E-state index in [1.54, 1.807) is 0 Å².